The Kier molecular flexibility index (Phi) is 2.96. The van der Waals surface area contributed by atoms with Crippen molar-refractivity contribution in [3.63, 3.8) is 0 Å². The number of fused-ring (bicyclic) bond motifs is 2. The van der Waals surface area contributed by atoms with Crippen LogP contribution in [0.1, 0.15) is 58.8 Å². The molecule has 2 bridgehead atoms. The summed E-state index contributed by atoms with van der Waals surface area (Å²) in [6, 6.07) is 0. The number of rotatable bonds is 4. The van der Waals surface area contributed by atoms with Crippen LogP contribution in [0.4, 0.5) is 0 Å². The summed E-state index contributed by atoms with van der Waals surface area (Å²) in [4.78, 5) is 0. The Morgan fingerprint density at radius 3 is 2.38 bits per heavy atom. The molecule has 0 N–H and O–H groups in total. The van der Waals surface area contributed by atoms with Crippen LogP contribution in [-0.4, -0.2) is 0 Å². The minimum atomic E-state index is 1.06. The molecular weight excluding hydrogens is 156 g/mol. The van der Waals surface area contributed by atoms with Gasteiger partial charge in [0.25, 0.3) is 0 Å². The number of unbranched alkanes of at least 4 members (excludes halogenated alkanes) is 2. The fourth-order valence-electron chi connectivity index (χ4n) is 3.69. The Balaban J connectivity index is 1.73. The van der Waals surface area contributed by atoms with Crippen LogP contribution in [0.5, 0.6) is 0 Å². The van der Waals surface area contributed by atoms with Crippen molar-refractivity contribution < 1.29 is 0 Å². The average molecular weight is 180 g/mol. The predicted octanol–water partition coefficient (Wildman–Crippen LogP) is 4.25. The molecule has 0 aromatic carbocycles. The fourth-order valence-corrected chi connectivity index (χ4v) is 3.69. The van der Waals surface area contributed by atoms with Crippen LogP contribution >= 0.6 is 0 Å². The molecule has 13 heavy (non-hydrogen) atoms. The van der Waals surface area contributed by atoms with Gasteiger partial charge >= 0.3 is 0 Å². The second-order valence-electron chi connectivity index (χ2n) is 5.46. The van der Waals surface area contributed by atoms with E-state index in [1.807, 2.05) is 0 Å². The van der Waals surface area contributed by atoms with Gasteiger partial charge in [-0.25, -0.2) is 0 Å². The molecule has 76 valence electrons. The van der Waals surface area contributed by atoms with E-state index >= 15 is 0 Å². The lowest BCUT2D eigenvalue weighted by Crippen LogP contribution is -2.15. The Morgan fingerprint density at radius 1 is 1.00 bits per heavy atom. The van der Waals surface area contributed by atoms with Crippen LogP contribution in [0.2, 0.25) is 0 Å². The van der Waals surface area contributed by atoms with E-state index in [1.165, 1.54) is 19.3 Å². The summed E-state index contributed by atoms with van der Waals surface area (Å²) in [5.41, 5.74) is 0. The topological polar surface area (TPSA) is 0 Å². The first kappa shape index (κ1) is 9.55. The van der Waals surface area contributed by atoms with Crippen molar-refractivity contribution in [1.82, 2.24) is 0 Å². The summed E-state index contributed by atoms with van der Waals surface area (Å²) in [6.07, 6.45) is 10.6. The molecule has 2 aliphatic rings. The molecule has 0 aliphatic heterocycles. The van der Waals surface area contributed by atoms with E-state index in [9.17, 15) is 0 Å². The molecular formula is C13H24. The largest absolute Gasteiger partial charge is 0.0654 e. The van der Waals surface area contributed by atoms with Crippen molar-refractivity contribution >= 4 is 0 Å². The van der Waals surface area contributed by atoms with Crippen molar-refractivity contribution in [2.24, 2.45) is 23.7 Å². The molecule has 4 atom stereocenters. The van der Waals surface area contributed by atoms with Crippen LogP contribution in [0, 0.1) is 23.7 Å². The van der Waals surface area contributed by atoms with Crippen molar-refractivity contribution in [2.75, 3.05) is 0 Å². The Labute approximate surface area is 83.1 Å². The lowest BCUT2D eigenvalue weighted by Gasteiger charge is -2.25. The normalized spacial score (nSPS) is 42.9. The van der Waals surface area contributed by atoms with E-state index in [0.717, 1.165) is 23.7 Å². The third kappa shape index (κ3) is 1.92. The Morgan fingerprint density at radius 2 is 1.85 bits per heavy atom. The molecule has 4 unspecified atom stereocenters. The maximum absolute atomic E-state index is 2.47. The molecule has 0 nitrogen and oxygen atoms in total. The maximum atomic E-state index is 2.47. The summed E-state index contributed by atoms with van der Waals surface area (Å²) in [5.74, 6) is 4.45. The third-order valence-corrected chi connectivity index (χ3v) is 4.54. The highest BCUT2D eigenvalue weighted by molar-refractivity contribution is 4.93. The van der Waals surface area contributed by atoms with E-state index in [-0.39, 0.29) is 0 Å². The van der Waals surface area contributed by atoms with Crippen molar-refractivity contribution in [3.05, 3.63) is 0 Å². The maximum Gasteiger partial charge on any atom is -0.0380 e. The molecule has 2 rings (SSSR count). The molecule has 2 fully saturated rings. The van der Waals surface area contributed by atoms with Gasteiger partial charge < -0.3 is 0 Å². The van der Waals surface area contributed by atoms with E-state index in [0.29, 0.717) is 0 Å². The lowest BCUT2D eigenvalue weighted by molar-refractivity contribution is 0.254. The highest BCUT2D eigenvalue weighted by atomic mass is 14.5. The van der Waals surface area contributed by atoms with Crippen LogP contribution in [-0.2, 0) is 0 Å². The van der Waals surface area contributed by atoms with Gasteiger partial charge in [0, 0.05) is 0 Å². The Bertz CT molecular complexity index is 159. The van der Waals surface area contributed by atoms with Gasteiger partial charge in [0.05, 0.1) is 0 Å². The number of hydrogen-bond donors (Lipinski definition) is 0. The van der Waals surface area contributed by atoms with Gasteiger partial charge in [-0.1, -0.05) is 39.5 Å². The fraction of sp³-hybridized carbons (Fsp3) is 1.00. The SMILES string of the molecule is CCCCCC1CC2CC1CC2C. The van der Waals surface area contributed by atoms with Gasteiger partial charge in [0.2, 0.25) is 0 Å². The van der Waals surface area contributed by atoms with E-state index in [4.69, 9.17) is 0 Å². The average Bonchev–Trinajstić information content (AvgIpc) is 2.63. The molecule has 0 aromatic rings. The molecule has 0 radical (unpaired) electrons. The molecule has 2 aliphatic carbocycles. The van der Waals surface area contributed by atoms with E-state index in [2.05, 4.69) is 13.8 Å². The van der Waals surface area contributed by atoms with E-state index < -0.39 is 0 Å². The summed E-state index contributed by atoms with van der Waals surface area (Å²) in [6.45, 7) is 4.77. The summed E-state index contributed by atoms with van der Waals surface area (Å²) < 4.78 is 0. The standard InChI is InChI=1S/C13H24/c1-3-4-5-6-11-8-12-9-13(11)7-10(12)2/h10-13H,3-9H2,1-2H3. The van der Waals surface area contributed by atoms with Gasteiger partial charge in [-0.15, -0.1) is 0 Å². The summed E-state index contributed by atoms with van der Waals surface area (Å²) >= 11 is 0. The third-order valence-electron chi connectivity index (χ3n) is 4.54. The molecule has 2 saturated carbocycles. The zero-order valence-electron chi connectivity index (χ0n) is 9.26. The molecule has 0 heteroatoms. The van der Waals surface area contributed by atoms with Gasteiger partial charge in [-0.2, -0.15) is 0 Å². The monoisotopic (exact) mass is 180 g/mol. The zero-order valence-corrected chi connectivity index (χ0v) is 9.26. The highest BCUT2D eigenvalue weighted by Crippen LogP contribution is 2.52. The van der Waals surface area contributed by atoms with Gasteiger partial charge in [0.15, 0.2) is 0 Å². The van der Waals surface area contributed by atoms with Gasteiger partial charge in [0.1, 0.15) is 0 Å². The zero-order chi connectivity index (χ0) is 9.26. The summed E-state index contributed by atoms with van der Waals surface area (Å²) in [7, 11) is 0. The lowest BCUT2D eigenvalue weighted by atomic mass is 9.80. The van der Waals surface area contributed by atoms with Crippen LogP contribution < -0.4 is 0 Å². The van der Waals surface area contributed by atoms with Crippen molar-refractivity contribution in [2.45, 2.75) is 58.8 Å². The molecule has 0 saturated heterocycles. The molecule has 0 heterocycles. The van der Waals surface area contributed by atoms with Gasteiger partial charge in [-0.3, -0.25) is 0 Å². The van der Waals surface area contributed by atoms with Gasteiger partial charge in [-0.05, 0) is 42.9 Å². The smallest absolute Gasteiger partial charge is 0.0380 e. The minimum absolute atomic E-state index is 1.06. The second-order valence-corrected chi connectivity index (χ2v) is 5.46. The minimum Gasteiger partial charge on any atom is -0.0654 e. The van der Waals surface area contributed by atoms with Crippen molar-refractivity contribution in [3.8, 4) is 0 Å². The summed E-state index contributed by atoms with van der Waals surface area (Å²) in [5, 5.41) is 0. The number of hydrogen-bond acceptors (Lipinski definition) is 0. The van der Waals surface area contributed by atoms with Crippen LogP contribution in [0.25, 0.3) is 0 Å². The quantitative estimate of drug-likeness (QED) is 0.567. The first-order valence-corrected chi connectivity index (χ1v) is 6.31. The van der Waals surface area contributed by atoms with Crippen LogP contribution in [0.15, 0.2) is 0 Å². The van der Waals surface area contributed by atoms with Crippen LogP contribution in [0.3, 0.4) is 0 Å². The van der Waals surface area contributed by atoms with Crippen molar-refractivity contribution in [1.29, 1.82) is 0 Å². The first-order chi connectivity index (χ1) is 6.31. The predicted molar refractivity (Wildman–Crippen MR) is 57.6 cm³/mol. The second kappa shape index (κ2) is 4.02. The molecule has 0 amide bonds. The Hall–Kier alpha value is 0. The molecule has 0 spiro atoms. The van der Waals surface area contributed by atoms with E-state index in [1.54, 1.807) is 25.7 Å². The first-order valence-electron chi connectivity index (χ1n) is 6.31. The molecule has 0 aromatic heterocycles. The highest BCUT2D eigenvalue weighted by Gasteiger charge is 2.42.